The van der Waals surface area contributed by atoms with Gasteiger partial charge in [0.05, 0.1) is 19.7 Å². The third-order valence-electron chi connectivity index (χ3n) is 3.93. The molecule has 4 atom stereocenters. The van der Waals surface area contributed by atoms with Gasteiger partial charge in [-0.1, -0.05) is 0 Å². The molecule has 0 aromatic rings. The summed E-state index contributed by atoms with van der Waals surface area (Å²) in [6.07, 6.45) is -1.77. The van der Waals surface area contributed by atoms with Crippen molar-refractivity contribution >= 4 is 19.1 Å². The highest BCUT2D eigenvalue weighted by atomic mass is 16.8. The summed E-state index contributed by atoms with van der Waals surface area (Å²) in [4.78, 5) is 25.2. The van der Waals surface area contributed by atoms with Gasteiger partial charge < -0.3 is 28.6 Å². The van der Waals surface area contributed by atoms with Crippen molar-refractivity contribution in [3.05, 3.63) is 0 Å². The number of aliphatic hydroxyl groups is 1. The lowest BCUT2D eigenvalue weighted by Crippen LogP contribution is -2.51. The van der Waals surface area contributed by atoms with Gasteiger partial charge in [-0.25, -0.2) is 0 Å². The monoisotopic (exact) mass is 329 g/mol. The lowest BCUT2D eigenvalue weighted by molar-refractivity contribution is -0.185. The van der Waals surface area contributed by atoms with E-state index in [2.05, 4.69) is 0 Å². The Morgan fingerprint density at radius 2 is 1.74 bits per heavy atom. The zero-order valence-corrected chi connectivity index (χ0v) is 13.3. The number of carbonyl (C=O) groups excluding carboxylic acids is 2. The van der Waals surface area contributed by atoms with Gasteiger partial charge in [-0.05, 0) is 20.9 Å². The van der Waals surface area contributed by atoms with E-state index in [1.165, 1.54) is 4.90 Å². The van der Waals surface area contributed by atoms with E-state index in [4.69, 9.17) is 23.5 Å². The predicted molar refractivity (Wildman–Crippen MR) is 75.0 cm³/mol. The van der Waals surface area contributed by atoms with Crippen LogP contribution in [-0.2, 0) is 33.1 Å². The molecule has 0 aromatic carbocycles. The third-order valence-corrected chi connectivity index (χ3v) is 3.93. The number of nitrogens with zero attached hydrogens (tertiary/aromatic N) is 1. The minimum absolute atomic E-state index is 0.0291. The maximum Gasteiger partial charge on any atom is 0.632 e. The van der Waals surface area contributed by atoms with Crippen molar-refractivity contribution in [1.29, 1.82) is 0 Å². The smallest absolute Gasteiger partial charge is 0.496 e. The van der Waals surface area contributed by atoms with Crippen molar-refractivity contribution in [1.82, 2.24) is 4.90 Å². The van der Waals surface area contributed by atoms with E-state index in [0.29, 0.717) is 0 Å². The van der Waals surface area contributed by atoms with E-state index in [1.54, 1.807) is 20.9 Å². The normalized spacial score (nSPS) is 37.8. The van der Waals surface area contributed by atoms with Crippen LogP contribution < -0.4 is 0 Å². The Bertz CT molecular complexity index is 480. The van der Waals surface area contributed by atoms with Gasteiger partial charge in [-0.2, -0.15) is 0 Å². The van der Waals surface area contributed by atoms with Gasteiger partial charge in [0.25, 0.3) is 0 Å². The highest BCUT2D eigenvalue weighted by molar-refractivity contribution is 6.51. The molecule has 23 heavy (non-hydrogen) atoms. The fourth-order valence-electron chi connectivity index (χ4n) is 3.07. The highest BCUT2D eigenvalue weighted by Crippen LogP contribution is 2.39. The third kappa shape index (κ3) is 3.36. The first-order chi connectivity index (χ1) is 10.8. The second kappa shape index (κ2) is 6.02. The van der Waals surface area contributed by atoms with E-state index >= 15 is 0 Å². The topological polar surface area (TPSA) is 104 Å². The Hall–Kier alpha value is -1.20. The summed E-state index contributed by atoms with van der Waals surface area (Å²) in [5.41, 5.74) is 0. The van der Waals surface area contributed by atoms with E-state index in [9.17, 15) is 14.7 Å². The van der Waals surface area contributed by atoms with Gasteiger partial charge in [0.1, 0.15) is 24.3 Å². The number of rotatable bonds is 2. The number of ether oxygens (including phenoxy) is 3. The van der Waals surface area contributed by atoms with Crippen LogP contribution in [0.25, 0.3) is 0 Å². The first kappa shape index (κ1) is 16.7. The van der Waals surface area contributed by atoms with E-state index in [-0.39, 0.29) is 19.7 Å². The average molecular weight is 329 g/mol. The molecule has 10 heteroatoms. The van der Waals surface area contributed by atoms with E-state index in [0.717, 1.165) is 0 Å². The summed E-state index contributed by atoms with van der Waals surface area (Å²) in [5, 5.41) is 9.46. The largest absolute Gasteiger partial charge is 0.632 e. The number of likely N-dealkylation sites (N-methyl/N-ethyl adjacent to an activating group) is 1. The fraction of sp³-hybridized carbons (Fsp3) is 0.846. The van der Waals surface area contributed by atoms with Gasteiger partial charge in [0, 0.05) is 0 Å². The molecule has 0 aliphatic carbocycles. The van der Waals surface area contributed by atoms with Gasteiger partial charge in [0.2, 0.25) is 0 Å². The lowest BCUT2D eigenvalue weighted by Gasteiger charge is -2.28. The molecule has 128 valence electrons. The molecule has 0 saturated carbocycles. The van der Waals surface area contributed by atoms with Gasteiger partial charge in [-0.15, -0.1) is 0 Å². The number of hydrogen-bond donors (Lipinski definition) is 1. The summed E-state index contributed by atoms with van der Waals surface area (Å²) >= 11 is 0. The quantitative estimate of drug-likeness (QED) is 0.595. The van der Waals surface area contributed by atoms with Crippen LogP contribution in [-0.4, -0.2) is 85.9 Å². The Morgan fingerprint density at radius 1 is 1.17 bits per heavy atom. The Morgan fingerprint density at radius 3 is 2.30 bits per heavy atom. The van der Waals surface area contributed by atoms with Crippen LogP contribution in [0, 0.1) is 0 Å². The standard InChI is InChI=1S/C13H20BNO8/c1-13(2)20-10-7(6-16)19-12(11(10)21-13)14-22-8(17)4-15(3)5-9(18)23-14/h7,10-12,16H,4-6H2,1-3H3/t7-,10-,11-,12-/m1/s1. The van der Waals surface area contributed by atoms with Crippen molar-refractivity contribution in [2.45, 2.75) is 43.9 Å². The summed E-state index contributed by atoms with van der Waals surface area (Å²) in [6.45, 7) is 3.13. The summed E-state index contributed by atoms with van der Waals surface area (Å²) in [6, 6.07) is -0.852. The van der Waals surface area contributed by atoms with Crippen LogP contribution in [0.4, 0.5) is 0 Å². The Kier molecular flexibility index (Phi) is 4.36. The molecule has 3 aliphatic rings. The minimum atomic E-state index is -1.23. The molecule has 0 spiro atoms. The number of hydrogen-bond acceptors (Lipinski definition) is 9. The average Bonchev–Trinajstić information content (AvgIpc) is 2.88. The molecule has 3 saturated heterocycles. The molecule has 3 aliphatic heterocycles. The maximum atomic E-state index is 11.9. The van der Waals surface area contributed by atoms with Crippen LogP contribution in [0.3, 0.4) is 0 Å². The molecule has 3 heterocycles. The molecule has 0 radical (unpaired) electrons. The zero-order valence-electron chi connectivity index (χ0n) is 13.3. The molecule has 0 unspecified atom stereocenters. The minimum Gasteiger partial charge on any atom is -0.496 e. The molecule has 0 amide bonds. The summed E-state index contributed by atoms with van der Waals surface area (Å²) < 4.78 is 27.6. The van der Waals surface area contributed by atoms with Crippen LogP contribution >= 0.6 is 0 Å². The Labute approximate surface area is 133 Å². The molecular formula is C13H20BNO8. The second-order valence-electron chi connectivity index (χ2n) is 6.41. The predicted octanol–water partition coefficient (Wildman–Crippen LogP) is -1.67. The van der Waals surface area contributed by atoms with Crippen molar-refractivity contribution in [2.24, 2.45) is 0 Å². The van der Waals surface area contributed by atoms with E-state index < -0.39 is 49.2 Å². The van der Waals surface area contributed by atoms with Crippen molar-refractivity contribution in [2.75, 3.05) is 26.7 Å². The molecular weight excluding hydrogens is 309 g/mol. The first-order valence-corrected chi connectivity index (χ1v) is 7.48. The summed E-state index contributed by atoms with van der Waals surface area (Å²) in [5.74, 6) is -1.92. The molecule has 3 fully saturated rings. The zero-order chi connectivity index (χ0) is 16.8. The SMILES string of the molecule is CN1CC(=O)OB([C@@H]2O[C@H](CO)[C@H]3OC(C)(C)O[C@H]32)OC(=O)C1. The van der Waals surface area contributed by atoms with Crippen molar-refractivity contribution < 1.29 is 38.2 Å². The van der Waals surface area contributed by atoms with Gasteiger partial charge in [-0.3, -0.25) is 14.5 Å². The van der Waals surface area contributed by atoms with Gasteiger partial charge >= 0.3 is 19.1 Å². The number of fused-ring (bicyclic) bond motifs is 1. The van der Waals surface area contributed by atoms with Crippen LogP contribution in [0.1, 0.15) is 13.8 Å². The van der Waals surface area contributed by atoms with Gasteiger partial charge in [0.15, 0.2) is 5.79 Å². The molecule has 0 bridgehead atoms. The van der Waals surface area contributed by atoms with Crippen molar-refractivity contribution in [3.8, 4) is 0 Å². The van der Waals surface area contributed by atoms with Crippen molar-refractivity contribution in [3.63, 3.8) is 0 Å². The summed E-state index contributed by atoms with van der Waals surface area (Å²) in [7, 11) is 0.383. The lowest BCUT2D eigenvalue weighted by atomic mass is 9.76. The molecule has 3 rings (SSSR count). The first-order valence-electron chi connectivity index (χ1n) is 7.48. The molecule has 0 aromatic heterocycles. The number of carbonyl (C=O) groups is 2. The van der Waals surface area contributed by atoms with Crippen LogP contribution in [0.5, 0.6) is 0 Å². The second-order valence-corrected chi connectivity index (χ2v) is 6.41. The highest BCUT2D eigenvalue weighted by Gasteiger charge is 2.61. The molecule has 9 nitrogen and oxygen atoms in total. The van der Waals surface area contributed by atoms with Crippen LogP contribution in [0.2, 0.25) is 0 Å². The van der Waals surface area contributed by atoms with Crippen LogP contribution in [0.15, 0.2) is 0 Å². The number of aliphatic hydroxyl groups excluding tert-OH is 1. The molecule has 1 N–H and O–H groups in total. The fourth-order valence-corrected chi connectivity index (χ4v) is 3.07. The van der Waals surface area contributed by atoms with E-state index in [1.807, 2.05) is 0 Å². The Balaban J connectivity index is 1.79. The maximum absolute atomic E-state index is 11.9.